The second-order valence-corrected chi connectivity index (χ2v) is 8.35. The SMILES string of the molecule is CC1CCC(C2CCCC(S(C)(=O)=O)C2)CN1. The van der Waals surface area contributed by atoms with Gasteiger partial charge in [-0.15, -0.1) is 0 Å². The van der Waals surface area contributed by atoms with Crippen LogP contribution in [0.2, 0.25) is 0 Å². The molecule has 4 atom stereocenters. The summed E-state index contributed by atoms with van der Waals surface area (Å²) in [5, 5.41) is 3.46. The lowest BCUT2D eigenvalue weighted by Crippen LogP contribution is -2.42. The fraction of sp³-hybridized carbons (Fsp3) is 1.00. The highest BCUT2D eigenvalue weighted by Gasteiger charge is 2.34. The summed E-state index contributed by atoms with van der Waals surface area (Å²) < 4.78 is 23.3. The highest BCUT2D eigenvalue weighted by molar-refractivity contribution is 7.91. The Morgan fingerprint density at radius 2 is 1.82 bits per heavy atom. The van der Waals surface area contributed by atoms with Gasteiger partial charge in [-0.25, -0.2) is 8.42 Å². The minimum Gasteiger partial charge on any atom is -0.314 e. The van der Waals surface area contributed by atoms with Gasteiger partial charge in [0.15, 0.2) is 0 Å². The van der Waals surface area contributed by atoms with Gasteiger partial charge in [0, 0.05) is 12.3 Å². The summed E-state index contributed by atoms with van der Waals surface area (Å²) in [5.41, 5.74) is 0. The summed E-state index contributed by atoms with van der Waals surface area (Å²) >= 11 is 0. The van der Waals surface area contributed by atoms with Crippen LogP contribution in [0.15, 0.2) is 0 Å². The molecule has 1 aliphatic heterocycles. The van der Waals surface area contributed by atoms with E-state index in [-0.39, 0.29) is 5.25 Å². The third-order valence-corrected chi connectivity index (χ3v) is 6.28. The van der Waals surface area contributed by atoms with Gasteiger partial charge in [-0.2, -0.15) is 0 Å². The van der Waals surface area contributed by atoms with Crippen LogP contribution in [-0.2, 0) is 9.84 Å². The summed E-state index contributed by atoms with van der Waals surface area (Å²) in [6.07, 6.45) is 8.02. The highest BCUT2D eigenvalue weighted by Crippen LogP contribution is 2.36. The van der Waals surface area contributed by atoms with Crippen LogP contribution in [0.5, 0.6) is 0 Å². The van der Waals surface area contributed by atoms with E-state index in [4.69, 9.17) is 0 Å². The summed E-state index contributed by atoms with van der Waals surface area (Å²) in [5.74, 6) is 1.33. The molecular weight excluding hydrogens is 234 g/mol. The van der Waals surface area contributed by atoms with Gasteiger partial charge >= 0.3 is 0 Å². The molecule has 1 N–H and O–H groups in total. The number of nitrogens with one attached hydrogen (secondary N) is 1. The van der Waals surface area contributed by atoms with E-state index in [2.05, 4.69) is 12.2 Å². The Hall–Kier alpha value is -0.0900. The Morgan fingerprint density at radius 1 is 1.06 bits per heavy atom. The number of hydrogen-bond acceptors (Lipinski definition) is 3. The molecule has 0 amide bonds. The first-order valence-corrected chi connectivity index (χ1v) is 8.84. The number of sulfone groups is 1. The van der Waals surface area contributed by atoms with Crippen molar-refractivity contribution >= 4 is 9.84 Å². The topological polar surface area (TPSA) is 46.2 Å². The number of rotatable bonds is 2. The largest absolute Gasteiger partial charge is 0.314 e. The van der Waals surface area contributed by atoms with Crippen LogP contribution in [0.25, 0.3) is 0 Å². The van der Waals surface area contributed by atoms with Crippen molar-refractivity contribution in [3.8, 4) is 0 Å². The molecule has 2 rings (SSSR count). The van der Waals surface area contributed by atoms with E-state index in [0.29, 0.717) is 17.9 Å². The zero-order valence-electron chi connectivity index (χ0n) is 11.0. The maximum Gasteiger partial charge on any atom is 0.150 e. The molecule has 0 aromatic heterocycles. The van der Waals surface area contributed by atoms with Gasteiger partial charge < -0.3 is 5.32 Å². The fourth-order valence-electron chi connectivity index (χ4n) is 3.42. The standard InChI is InChI=1S/C13H25NO2S/c1-10-6-7-12(9-14-10)11-4-3-5-13(8-11)17(2,15)16/h10-14H,3-9H2,1-2H3. The third kappa shape index (κ3) is 3.44. The molecule has 4 heteroatoms. The molecule has 0 spiro atoms. The van der Waals surface area contributed by atoms with Crippen LogP contribution >= 0.6 is 0 Å². The zero-order valence-corrected chi connectivity index (χ0v) is 11.8. The van der Waals surface area contributed by atoms with E-state index in [1.807, 2.05) is 0 Å². The molecule has 2 aliphatic rings. The molecule has 1 saturated heterocycles. The van der Waals surface area contributed by atoms with E-state index in [1.54, 1.807) is 0 Å². The predicted molar refractivity (Wildman–Crippen MR) is 70.8 cm³/mol. The van der Waals surface area contributed by atoms with Gasteiger partial charge in [-0.05, 0) is 51.0 Å². The fourth-order valence-corrected chi connectivity index (χ4v) is 4.61. The summed E-state index contributed by atoms with van der Waals surface area (Å²) in [6.45, 7) is 3.32. The minimum absolute atomic E-state index is 0.0689. The molecule has 3 nitrogen and oxygen atoms in total. The van der Waals surface area contributed by atoms with Crippen LogP contribution in [0, 0.1) is 11.8 Å². The molecule has 100 valence electrons. The Labute approximate surface area is 105 Å². The first kappa shape index (κ1) is 13.3. The summed E-state index contributed by atoms with van der Waals surface area (Å²) in [6, 6.07) is 0.639. The van der Waals surface area contributed by atoms with Crippen LogP contribution in [-0.4, -0.2) is 32.5 Å². The van der Waals surface area contributed by atoms with Crippen molar-refractivity contribution in [2.24, 2.45) is 11.8 Å². The molecular formula is C13H25NO2S. The highest BCUT2D eigenvalue weighted by atomic mass is 32.2. The van der Waals surface area contributed by atoms with Crippen molar-refractivity contribution in [1.29, 1.82) is 0 Å². The van der Waals surface area contributed by atoms with Crippen molar-refractivity contribution in [3.05, 3.63) is 0 Å². The smallest absolute Gasteiger partial charge is 0.150 e. The molecule has 1 saturated carbocycles. The first-order valence-electron chi connectivity index (χ1n) is 6.89. The molecule has 0 aromatic carbocycles. The molecule has 17 heavy (non-hydrogen) atoms. The second-order valence-electron chi connectivity index (χ2n) is 6.02. The van der Waals surface area contributed by atoms with Crippen LogP contribution in [0.4, 0.5) is 0 Å². The van der Waals surface area contributed by atoms with Gasteiger partial charge in [0.1, 0.15) is 9.84 Å². The van der Waals surface area contributed by atoms with E-state index in [9.17, 15) is 8.42 Å². The monoisotopic (exact) mass is 259 g/mol. The minimum atomic E-state index is -2.83. The van der Waals surface area contributed by atoms with Crippen molar-refractivity contribution in [1.82, 2.24) is 5.32 Å². The zero-order chi connectivity index (χ0) is 12.5. The molecule has 0 bridgehead atoms. The normalized spacial score (nSPS) is 40.1. The van der Waals surface area contributed by atoms with Gasteiger partial charge in [0.05, 0.1) is 5.25 Å². The lowest BCUT2D eigenvalue weighted by atomic mass is 9.76. The lowest BCUT2D eigenvalue weighted by molar-refractivity contribution is 0.192. The maximum absolute atomic E-state index is 11.7. The van der Waals surface area contributed by atoms with Gasteiger partial charge in [0.25, 0.3) is 0 Å². The van der Waals surface area contributed by atoms with Crippen molar-refractivity contribution < 1.29 is 8.42 Å². The summed E-state index contributed by atoms with van der Waals surface area (Å²) in [4.78, 5) is 0. The van der Waals surface area contributed by atoms with Crippen molar-refractivity contribution in [3.63, 3.8) is 0 Å². The Kier molecular flexibility index (Phi) is 4.14. The molecule has 2 fully saturated rings. The molecule has 0 radical (unpaired) electrons. The lowest BCUT2D eigenvalue weighted by Gasteiger charge is -2.37. The van der Waals surface area contributed by atoms with Crippen molar-refractivity contribution in [2.75, 3.05) is 12.8 Å². The second kappa shape index (κ2) is 5.27. The predicted octanol–water partition coefficient (Wildman–Crippen LogP) is 1.98. The average molecular weight is 259 g/mol. The van der Waals surface area contributed by atoms with Crippen LogP contribution in [0.3, 0.4) is 0 Å². The van der Waals surface area contributed by atoms with Gasteiger partial charge in [-0.3, -0.25) is 0 Å². The molecule has 0 aromatic rings. The molecule has 1 heterocycles. The maximum atomic E-state index is 11.7. The van der Waals surface area contributed by atoms with Crippen LogP contribution < -0.4 is 5.32 Å². The van der Waals surface area contributed by atoms with E-state index in [0.717, 1.165) is 25.8 Å². The molecule has 1 aliphatic carbocycles. The van der Waals surface area contributed by atoms with Crippen LogP contribution in [0.1, 0.15) is 45.4 Å². The third-order valence-electron chi connectivity index (χ3n) is 4.64. The van der Waals surface area contributed by atoms with E-state index in [1.165, 1.54) is 25.5 Å². The van der Waals surface area contributed by atoms with Crippen molar-refractivity contribution in [2.45, 2.75) is 56.7 Å². The average Bonchev–Trinajstić information content (AvgIpc) is 2.29. The van der Waals surface area contributed by atoms with E-state index >= 15 is 0 Å². The van der Waals surface area contributed by atoms with Gasteiger partial charge in [0.2, 0.25) is 0 Å². The molecule has 4 unspecified atom stereocenters. The van der Waals surface area contributed by atoms with E-state index < -0.39 is 9.84 Å². The Bertz CT molecular complexity index is 344. The summed E-state index contributed by atoms with van der Waals surface area (Å²) in [7, 11) is -2.83. The number of piperidine rings is 1. The Balaban J connectivity index is 1.93. The Morgan fingerprint density at radius 3 is 2.41 bits per heavy atom. The number of hydrogen-bond donors (Lipinski definition) is 1. The quantitative estimate of drug-likeness (QED) is 0.825. The van der Waals surface area contributed by atoms with Gasteiger partial charge in [-0.1, -0.05) is 12.8 Å². The first-order chi connectivity index (χ1) is 7.97.